The minimum Gasteiger partial charge on any atom is -0.507 e. The zero-order valence-electron chi connectivity index (χ0n) is 13.5. The number of phenolic OH excluding ortho intramolecular Hbond substituents is 1. The lowest BCUT2D eigenvalue weighted by Gasteiger charge is -2.28. The van der Waals surface area contributed by atoms with Gasteiger partial charge in [0.25, 0.3) is 0 Å². The number of piperidine rings is 1. The van der Waals surface area contributed by atoms with E-state index in [1.807, 2.05) is 0 Å². The van der Waals surface area contributed by atoms with E-state index in [9.17, 15) is 14.3 Å². The Kier molecular flexibility index (Phi) is 5.08. The molecule has 0 aliphatic carbocycles. The highest BCUT2D eigenvalue weighted by molar-refractivity contribution is 5.87. The molecule has 4 rings (SSSR count). The lowest BCUT2D eigenvalue weighted by atomic mass is 9.87. The summed E-state index contributed by atoms with van der Waals surface area (Å²) in [5.41, 5.74) is 2.12. The van der Waals surface area contributed by atoms with Crippen molar-refractivity contribution < 1.29 is 19.0 Å². The zero-order valence-corrected chi connectivity index (χ0v) is 13.5. The molecule has 2 aromatic rings. The molecule has 0 radical (unpaired) electrons. The quantitative estimate of drug-likeness (QED) is 0.760. The number of benzene rings is 1. The van der Waals surface area contributed by atoms with E-state index in [1.54, 1.807) is 6.07 Å². The number of halogens is 1. The Morgan fingerprint density at radius 3 is 2.92 bits per heavy atom. The smallest absolute Gasteiger partial charge is 0.413 e. The van der Waals surface area contributed by atoms with Crippen LogP contribution >= 0.6 is 0 Å². The lowest BCUT2D eigenvalue weighted by Crippen LogP contribution is -2.30. The van der Waals surface area contributed by atoms with Crippen molar-refractivity contribution in [3.8, 4) is 17.0 Å². The molecule has 1 unspecified atom stereocenters. The Balaban J connectivity index is 0.00000196. The number of nitrogens with zero attached hydrogens (tertiary/aromatic N) is 1. The standard InChI is InChI=1S/C18H18FN3O3.CH4/c19-13-4-1-5-15(23)16(13)14-7-11(10-3-2-6-20-8-10)12-9-25-18(24)22-17(12)21-14;/h1,4-5,7,10,20,23H,2-3,6,8-9H2,(H,21,22,24);1H4. The molecule has 1 amide bonds. The molecule has 3 N–H and O–H groups in total. The van der Waals surface area contributed by atoms with Crippen LogP contribution in [0, 0.1) is 5.82 Å². The molecule has 0 bridgehead atoms. The molecule has 0 spiro atoms. The third-order valence-corrected chi connectivity index (χ3v) is 4.71. The Hall–Kier alpha value is -2.67. The molecule has 1 fully saturated rings. The molecule has 1 saturated heterocycles. The molecule has 3 heterocycles. The van der Waals surface area contributed by atoms with Gasteiger partial charge in [0.2, 0.25) is 0 Å². The molecule has 1 aromatic carbocycles. The van der Waals surface area contributed by atoms with Crippen LogP contribution in [-0.2, 0) is 11.3 Å². The van der Waals surface area contributed by atoms with Gasteiger partial charge in [-0.25, -0.2) is 14.2 Å². The first-order valence-electron chi connectivity index (χ1n) is 8.29. The van der Waals surface area contributed by atoms with Crippen molar-refractivity contribution in [2.45, 2.75) is 32.8 Å². The molecule has 138 valence electrons. The van der Waals surface area contributed by atoms with E-state index in [1.165, 1.54) is 18.2 Å². The first-order chi connectivity index (χ1) is 12.1. The number of pyridine rings is 1. The van der Waals surface area contributed by atoms with Crippen molar-refractivity contribution in [1.82, 2.24) is 10.3 Å². The summed E-state index contributed by atoms with van der Waals surface area (Å²) in [5, 5.41) is 16.0. The second kappa shape index (κ2) is 7.29. The number of aromatic nitrogens is 1. The summed E-state index contributed by atoms with van der Waals surface area (Å²) in [6.45, 7) is 1.91. The summed E-state index contributed by atoms with van der Waals surface area (Å²) >= 11 is 0. The van der Waals surface area contributed by atoms with Crippen molar-refractivity contribution in [2.75, 3.05) is 18.4 Å². The van der Waals surface area contributed by atoms with Crippen LogP contribution < -0.4 is 10.6 Å². The summed E-state index contributed by atoms with van der Waals surface area (Å²) in [6, 6.07) is 5.94. The van der Waals surface area contributed by atoms with E-state index in [0.717, 1.165) is 37.1 Å². The van der Waals surface area contributed by atoms with Gasteiger partial charge in [-0.15, -0.1) is 0 Å². The maximum atomic E-state index is 14.3. The van der Waals surface area contributed by atoms with Gasteiger partial charge in [-0.2, -0.15) is 0 Å². The van der Waals surface area contributed by atoms with Crippen LogP contribution in [-0.4, -0.2) is 29.3 Å². The molecular formula is C19H22FN3O3. The number of carbonyl (C=O) groups excluding carboxylic acids is 1. The van der Waals surface area contributed by atoms with Crippen LogP contribution in [0.15, 0.2) is 24.3 Å². The minimum atomic E-state index is -0.581. The fourth-order valence-electron chi connectivity index (χ4n) is 3.49. The topological polar surface area (TPSA) is 83.5 Å². The van der Waals surface area contributed by atoms with Crippen LogP contribution in [0.2, 0.25) is 0 Å². The first kappa shape index (κ1) is 18.1. The third kappa shape index (κ3) is 3.22. The zero-order chi connectivity index (χ0) is 17.4. The molecule has 0 saturated carbocycles. The highest BCUT2D eigenvalue weighted by atomic mass is 19.1. The minimum absolute atomic E-state index is 0. The van der Waals surface area contributed by atoms with Crippen molar-refractivity contribution in [3.05, 3.63) is 41.2 Å². The summed E-state index contributed by atoms with van der Waals surface area (Å²) in [6.07, 6.45) is 1.44. The molecule has 26 heavy (non-hydrogen) atoms. The molecule has 7 heteroatoms. The number of amides is 1. The fraction of sp³-hybridized carbons (Fsp3) is 0.368. The Morgan fingerprint density at radius 1 is 1.35 bits per heavy atom. The molecule has 2 aliphatic heterocycles. The second-order valence-corrected chi connectivity index (χ2v) is 6.30. The molecular weight excluding hydrogens is 337 g/mol. The number of ether oxygens (including phenoxy) is 1. The Bertz CT molecular complexity index is 815. The number of nitrogens with one attached hydrogen (secondary N) is 2. The molecule has 6 nitrogen and oxygen atoms in total. The predicted octanol–water partition coefficient (Wildman–Crippen LogP) is 3.76. The van der Waals surface area contributed by atoms with Gasteiger partial charge in [0, 0.05) is 12.1 Å². The van der Waals surface area contributed by atoms with Crippen molar-refractivity contribution in [2.24, 2.45) is 0 Å². The van der Waals surface area contributed by atoms with E-state index < -0.39 is 11.9 Å². The predicted molar refractivity (Wildman–Crippen MR) is 96.7 cm³/mol. The Morgan fingerprint density at radius 2 is 2.19 bits per heavy atom. The van der Waals surface area contributed by atoms with E-state index in [-0.39, 0.29) is 31.3 Å². The molecule has 1 aromatic heterocycles. The number of cyclic esters (lactones) is 1. The van der Waals surface area contributed by atoms with Gasteiger partial charge < -0.3 is 15.2 Å². The average molecular weight is 359 g/mol. The normalized spacial score (nSPS) is 19.0. The number of carbonyl (C=O) groups is 1. The lowest BCUT2D eigenvalue weighted by molar-refractivity contribution is 0.150. The van der Waals surface area contributed by atoms with Crippen LogP contribution in [0.4, 0.5) is 15.0 Å². The van der Waals surface area contributed by atoms with E-state index in [0.29, 0.717) is 11.5 Å². The van der Waals surface area contributed by atoms with Gasteiger partial charge in [-0.1, -0.05) is 13.5 Å². The highest BCUT2D eigenvalue weighted by Crippen LogP contribution is 2.38. The third-order valence-electron chi connectivity index (χ3n) is 4.71. The summed E-state index contributed by atoms with van der Waals surface area (Å²) in [7, 11) is 0. The van der Waals surface area contributed by atoms with E-state index in [4.69, 9.17) is 4.74 Å². The maximum absolute atomic E-state index is 14.3. The van der Waals surface area contributed by atoms with Crippen LogP contribution in [0.25, 0.3) is 11.3 Å². The van der Waals surface area contributed by atoms with Gasteiger partial charge >= 0.3 is 6.09 Å². The van der Waals surface area contributed by atoms with Gasteiger partial charge in [0.1, 0.15) is 24.0 Å². The summed E-state index contributed by atoms with van der Waals surface area (Å²) < 4.78 is 19.4. The number of phenols is 1. The second-order valence-electron chi connectivity index (χ2n) is 6.30. The fourth-order valence-corrected chi connectivity index (χ4v) is 3.49. The van der Waals surface area contributed by atoms with Gasteiger partial charge in [-0.3, -0.25) is 5.32 Å². The van der Waals surface area contributed by atoms with Crippen LogP contribution in [0.5, 0.6) is 5.75 Å². The summed E-state index contributed by atoms with van der Waals surface area (Å²) in [4.78, 5) is 16.0. The van der Waals surface area contributed by atoms with Gasteiger partial charge in [0.15, 0.2) is 0 Å². The van der Waals surface area contributed by atoms with Crippen LogP contribution in [0.3, 0.4) is 0 Å². The number of anilines is 1. The van der Waals surface area contributed by atoms with E-state index in [2.05, 4.69) is 15.6 Å². The highest BCUT2D eigenvalue weighted by Gasteiger charge is 2.27. The molecule has 1 atom stereocenters. The van der Waals surface area contributed by atoms with E-state index >= 15 is 0 Å². The van der Waals surface area contributed by atoms with Gasteiger partial charge in [0.05, 0.1) is 11.3 Å². The Labute approximate surface area is 151 Å². The summed E-state index contributed by atoms with van der Waals surface area (Å²) in [5.74, 6) is -0.147. The maximum Gasteiger partial charge on any atom is 0.413 e. The van der Waals surface area contributed by atoms with Crippen molar-refractivity contribution in [3.63, 3.8) is 0 Å². The largest absolute Gasteiger partial charge is 0.507 e. The number of hydrogen-bond acceptors (Lipinski definition) is 5. The molecule has 2 aliphatic rings. The monoisotopic (exact) mass is 359 g/mol. The first-order valence-corrected chi connectivity index (χ1v) is 8.29. The average Bonchev–Trinajstić information content (AvgIpc) is 2.61. The van der Waals surface area contributed by atoms with Crippen molar-refractivity contribution >= 4 is 11.9 Å². The number of aromatic hydroxyl groups is 1. The van der Waals surface area contributed by atoms with Crippen LogP contribution in [0.1, 0.15) is 37.3 Å². The number of rotatable bonds is 2. The number of hydrogen-bond donors (Lipinski definition) is 3. The number of fused-ring (bicyclic) bond motifs is 1. The SMILES string of the molecule is C.O=C1Nc2nc(-c3c(O)cccc3F)cc(C3CCCNC3)c2CO1. The van der Waals surface area contributed by atoms with Gasteiger partial charge in [-0.05, 0) is 49.1 Å². The van der Waals surface area contributed by atoms with Crippen molar-refractivity contribution in [1.29, 1.82) is 0 Å².